The first-order valence-electron chi connectivity index (χ1n) is 5.10. The molecule has 1 unspecified atom stereocenters. The molecule has 0 rings (SSSR count). The molecule has 0 aromatic rings. The van der Waals surface area contributed by atoms with E-state index in [2.05, 4.69) is 10.5 Å². The lowest BCUT2D eigenvalue weighted by Crippen LogP contribution is -2.41. The number of oxime groups is 1. The first-order chi connectivity index (χ1) is 6.85. The van der Waals surface area contributed by atoms with Crippen LogP contribution in [0.25, 0.3) is 0 Å². The summed E-state index contributed by atoms with van der Waals surface area (Å²) in [4.78, 5) is 11.7. The molecule has 0 radical (unpaired) electrons. The second kappa shape index (κ2) is 5.58. The highest BCUT2D eigenvalue weighted by atomic mass is 16.4. The standard InChI is InChI=1S/C10H21N3O2/c1-5-10(3,4)9(14)12-6-7(2)8(11)13-15/h7,15H,5-6H2,1-4H3,(H2,11,13)(H,12,14). The summed E-state index contributed by atoms with van der Waals surface area (Å²) in [5.41, 5.74) is 5.02. The van der Waals surface area contributed by atoms with Gasteiger partial charge in [-0.1, -0.05) is 32.9 Å². The van der Waals surface area contributed by atoms with Crippen molar-refractivity contribution in [1.82, 2.24) is 5.32 Å². The molecule has 4 N–H and O–H groups in total. The van der Waals surface area contributed by atoms with E-state index in [-0.39, 0.29) is 23.1 Å². The molecule has 1 amide bonds. The summed E-state index contributed by atoms with van der Waals surface area (Å²) in [7, 11) is 0. The lowest BCUT2D eigenvalue weighted by atomic mass is 9.89. The Hall–Kier alpha value is -1.26. The second-order valence-corrected chi connectivity index (χ2v) is 4.37. The molecule has 0 spiro atoms. The number of hydrogen-bond donors (Lipinski definition) is 3. The van der Waals surface area contributed by atoms with Crippen LogP contribution >= 0.6 is 0 Å². The SMILES string of the molecule is CCC(C)(C)C(=O)NCC(C)C(N)=NO. The van der Waals surface area contributed by atoms with Crippen LogP contribution in [-0.4, -0.2) is 23.5 Å². The predicted molar refractivity (Wildman–Crippen MR) is 59.7 cm³/mol. The van der Waals surface area contributed by atoms with E-state index in [4.69, 9.17) is 10.9 Å². The summed E-state index contributed by atoms with van der Waals surface area (Å²) in [6.45, 7) is 7.91. The maximum atomic E-state index is 11.7. The molecule has 5 nitrogen and oxygen atoms in total. The summed E-state index contributed by atoms with van der Waals surface area (Å²) in [5.74, 6) is -0.0428. The summed E-state index contributed by atoms with van der Waals surface area (Å²) < 4.78 is 0. The average molecular weight is 215 g/mol. The van der Waals surface area contributed by atoms with Gasteiger partial charge in [0.05, 0.1) is 0 Å². The lowest BCUT2D eigenvalue weighted by molar-refractivity contribution is -0.129. The average Bonchev–Trinajstić information content (AvgIpc) is 2.23. The topological polar surface area (TPSA) is 87.7 Å². The van der Waals surface area contributed by atoms with Crippen molar-refractivity contribution < 1.29 is 10.0 Å². The van der Waals surface area contributed by atoms with Crippen LogP contribution in [0.15, 0.2) is 5.16 Å². The molecule has 0 fully saturated rings. The third-order valence-corrected chi connectivity index (χ3v) is 2.69. The molecular weight excluding hydrogens is 194 g/mol. The number of hydrogen-bond acceptors (Lipinski definition) is 3. The number of nitrogens with two attached hydrogens (primary N) is 1. The third kappa shape index (κ3) is 4.18. The van der Waals surface area contributed by atoms with Crippen molar-refractivity contribution >= 4 is 11.7 Å². The van der Waals surface area contributed by atoms with Crippen molar-refractivity contribution in [3.63, 3.8) is 0 Å². The van der Waals surface area contributed by atoms with Gasteiger partial charge in [-0.15, -0.1) is 0 Å². The van der Waals surface area contributed by atoms with Crippen LogP contribution in [0.5, 0.6) is 0 Å². The number of carbonyl (C=O) groups is 1. The van der Waals surface area contributed by atoms with Crippen LogP contribution < -0.4 is 11.1 Å². The molecular formula is C10H21N3O2. The maximum Gasteiger partial charge on any atom is 0.225 e. The highest BCUT2D eigenvalue weighted by molar-refractivity contribution is 5.84. The maximum absolute atomic E-state index is 11.7. The van der Waals surface area contributed by atoms with Gasteiger partial charge in [0.1, 0.15) is 5.84 Å². The first-order valence-corrected chi connectivity index (χ1v) is 5.10. The van der Waals surface area contributed by atoms with Crippen molar-refractivity contribution in [3.8, 4) is 0 Å². The summed E-state index contributed by atoms with van der Waals surface area (Å²) in [5, 5.41) is 14.1. The molecule has 0 saturated heterocycles. The Morgan fingerprint density at radius 3 is 2.53 bits per heavy atom. The fraction of sp³-hybridized carbons (Fsp3) is 0.800. The highest BCUT2D eigenvalue weighted by Crippen LogP contribution is 2.19. The zero-order chi connectivity index (χ0) is 12.1. The molecule has 0 heterocycles. The van der Waals surface area contributed by atoms with Crippen molar-refractivity contribution in [2.24, 2.45) is 22.2 Å². The van der Waals surface area contributed by atoms with Gasteiger partial charge in [0, 0.05) is 17.9 Å². The molecule has 0 aliphatic carbocycles. The van der Waals surface area contributed by atoms with E-state index in [1.165, 1.54) is 0 Å². The van der Waals surface area contributed by atoms with Crippen molar-refractivity contribution in [2.45, 2.75) is 34.1 Å². The summed E-state index contributed by atoms with van der Waals surface area (Å²) >= 11 is 0. The Kier molecular flexibility index (Phi) is 5.11. The second-order valence-electron chi connectivity index (χ2n) is 4.37. The number of nitrogens with one attached hydrogen (secondary N) is 1. The van der Waals surface area contributed by atoms with Crippen molar-refractivity contribution in [1.29, 1.82) is 0 Å². The number of amides is 1. The molecule has 0 saturated carbocycles. The third-order valence-electron chi connectivity index (χ3n) is 2.69. The van der Waals surface area contributed by atoms with Gasteiger partial charge in [0.25, 0.3) is 0 Å². The van der Waals surface area contributed by atoms with E-state index in [0.29, 0.717) is 6.54 Å². The van der Waals surface area contributed by atoms with E-state index in [9.17, 15) is 4.79 Å². The van der Waals surface area contributed by atoms with Crippen molar-refractivity contribution in [2.75, 3.05) is 6.54 Å². The molecule has 1 atom stereocenters. The largest absolute Gasteiger partial charge is 0.409 e. The van der Waals surface area contributed by atoms with E-state index in [1.54, 1.807) is 6.92 Å². The zero-order valence-electron chi connectivity index (χ0n) is 9.87. The minimum Gasteiger partial charge on any atom is -0.409 e. The van der Waals surface area contributed by atoms with E-state index < -0.39 is 0 Å². The minimum absolute atomic E-state index is 0.0115. The molecule has 0 aromatic carbocycles. The predicted octanol–water partition coefficient (Wildman–Crippen LogP) is 0.921. The quantitative estimate of drug-likeness (QED) is 0.276. The Morgan fingerprint density at radius 2 is 2.13 bits per heavy atom. The molecule has 0 aromatic heterocycles. The molecule has 0 aliphatic heterocycles. The molecule has 15 heavy (non-hydrogen) atoms. The van der Waals surface area contributed by atoms with Crippen LogP contribution in [0.2, 0.25) is 0 Å². The number of carbonyl (C=O) groups excluding carboxylic acids is 1. The minimum atomic E-state index is -0.370. The number of nitrogens with zero attached hydrogens (tertiary/aromatic N) is 1. The van der Waals surface area contributed by atoms with Crippen LogP contribution in [0.3, 0.4) is 0 Å². The van der Waals surface area contributed by atoms with Gasteiger partial charge < -0.3 is 16.3 Å². The zero-order valence-corrected chi connectivity index (χ0v) is 9.87. The Morgan fingerprint density at radius 1 is 1.60 bits per heavy atom. The van der Waals surface area contributed by atoms with Gasteiger partial charge in [-0.3, -0.25) is 4.79 Å². The Labute approximate surface area is 90.7 Å². The molecule has 0 aliphatic rings. The van der Waals surface area contributed by atoms with Crippen molar-refractivity contribution in [3.05, 3.63) is 0 Å². The molecule has 88 valence electrons. The molecule has 0 bridgehead atoms. The van der Waals surface area contributed by atoms with Gasteiger partial charge in [0.2, 0.25) is 5.91 Å². The van der Waals surface area contributed by atoms with Crippen LogP contribution in [0.1, 0.15) is 34.1 Å². The van der Waals surface area contributed by atoms with E-state index in [0.717, 1.165) is 6.42 Å². The monoisotopic (exact) mass is 215 g/mol. The smallest absolute Gasteiger partial charge is 0.225 e. The molecule has 5 heteroatoms. The van der Waals surface area contributed by atoms with Crippen LogP contribution in [-0.2, 0) is 4.79 Å². The fourth-order valence-corrected chi connectivity index (χ4v) is 0.849. The van der Waals surface area contributed by atoms with E-state index in [1.807, 2.05) is 20.8 Å². The Balaban J connectivity index is 4.13. The van der Waals surface area contributed by atoms with E-state index >= 15 is 0 Å². The van der Waals surface area contributed by atoms with Gasteiger partial charge in [-0.2, -0.15) is 0 Å². The van der Waals surface area contributed by atoms with Gasteiger partial charge in [-0.25, -0.2) is 0 Å². The van der Waals surface area contributed by atoms with Gasteiger partial charge in [-0.05, 0) is 6.42 Å². The normalized spacial score (nSPS) is 14.8. The Bertz CT molecular complexity index is 249. The van der Waals surface area contributed by atoms with Crippen LogP contribution in [0.4, 0.5) is 0 Å². The number of rotatable bonds is 5. The van der Waals surface area contributed by atoms with Gasteiger partial charge >= 0.3 is 0 Å². The number of amidine groups is 1. The van der Waals surface area contributed by atoms with Crippen LogP contribution in [0, 0.1) is 11.3 Å². The van der Waals surface area contributed by atoms with Gasteiger partial charge in [0.15, 0.2) is 0 Å². The summed E-state index contributed by atoms with van der Waals surface area (Å²) in [6.07, 6.45) is 0.775. The fourth-order valence-electron chi connectivity index (χ4n) is 0.849. The summed E-state index contributed by atoms with van der Waals surface area (Å²) in [6, 6.07) is 0. The highest BCUT2D eigenvalue weighted by Gasteiger charge is 2.25. The first kappa shape index (κ1) is 13.7. The lowest BCUT2D eigenvalue weighted by Gasteiger charge is -2.22.